The minimum absolute atomic E-state index is 0.129. The van der Waals surface area contributed by atoms with Crippen molar-refractivity contribution in [3.63, 3.8) is 0 Å². The molecule has 0 aliphatic heterocycles. The van der Waals surface area contributed by atoms with Crippen LogP contribution in [-0.4, -0.2) is 14.2 Å². The summed E-state index contributed by atoms with van der Waals surface area (Å²) in [5, 5.41) is -0.280. The summed E-state index contributed by atoms with van der Waals surface area (Å²) in [6.45, 7) is 6.61. The molecule has 0 amide bonds. The van der Waals surface area contributed by atoms with E-state index in [1.165, 1.54) is 4.88 Å². The van der Waals surface area contributed by atoms with Gasteiger partial charge in [-0.25, -0.2) is 0 Å². The molecular weight excluding hydrogens is 304 g/mol. The highest BCUT2D eigenvalue weighted by Gasteiger charge is 2.24. The van der Waals surface area contributed by atoms with Gasteiger partial charge in [-0.2, -0.15) is 0 Å². The van der Waals surface area contributed by atoms with Gasteiger partial charge in [0.15, 0.2) is 0 Å². The Balaban J connectivity index is 2.45. The molecule has 0 N–H and O–H groups in total. The van der Waals surface area contributed by atoms with E-state index in [-0.39, 0.29) is 10.8 Å². The smallest absolute Gasteiger partial charge is 0.127 e. The van der Waals surface area contributed by atoms with E-state index in [0.717, 1.165) is 21.9 Å². The van der Waals surface area contributed by atoms with E-state index >= 15 is 0 Å². The molecule has 0 radical (unpaired) electrons. The largest absolute Gasteiger partial charge is 0.496 e. The third-order valence-corrected chi connectivity index (χ3v) is 5.49. The Hall–Kier alpha value is -1.19. The standard InChI is InChI=1S/C17H21ClO2S/c1-17(2,3)14-10-9-13(21-14)16(18)15-11(19-4)7-6-8-12(15)20-5/h6-10,16H,1-5H3. The molecule has 0 aliphatic carbocycles. The van der Waals surface area contributed by atoms with Crippen LogP contribution in [0.1, 0.15) is 41.5 Å². The van der Waals surface area contributed by atoms with Crippen LogP contribution in [0.2, 0.25) is 0 Å². The lowest BCUT2D eigenvalue weighted by molar-refractivity contribution is 0.386. The molecular formula is C17H21ClO2S. The van der Waals surface area contributed by atoms with Crippen LogP contribution >= 0.6 is 22.9 Å². The second-order valence-corrected chi connectivity index (χ2v) is 7.44. The Morgan fingerprint density at radius 3 is 2.00 bits per heavy atom. The molecule has 1 aromatic heterocycles. The van der Waals surface area contributed by atoms with E-state index in [9.17, 15) is 0 Å². The number of thiophene rings is 1. The van der Waals surface area contributed by atoms with Gasteiger partial charge in [0.1, 0.15) is 11.5 Å². The maximum Gasteiger partial charge on any atom is 0.127 e. The molecule has 0 bridgehead atoms. The Labute approximate surface area is 135 Å². The molecule has 1 heterocycles. The fourth-order valence-corrected chi connectivity index (χ4v) is 3.64. The van der Waals surface area contributed by atoms with Crippen LogP contribution in [0.25, 0.3) is 0 Å². The second kappa shape index (κ2) is 6.29. The van der Waals surface area contributed by atoms with Crippen LogP contribution in [0.15, 0.2) is 30.3 Å². The number of rotatable bonds is 4. The van der Waals surface area contributed by atoms with Gasteiger partial charge in [0, 0.05) is 9.75 Å². The molecule has 2 rings (SSSR count). The first-order valence-corrected chi connectivity index (χ1v) is 8.09. The van der Waals surface area contributed by atoms with Gasteiger partial charge in [0.05, 0.1) is 25.2 Å². The molecule has 2 aromatic rings. The maximum atomic E-state index is 6.71. The average molecular weight is 325 g/mol. The van der Waals surface area contributed by atoms with Crippen LogP contribution in [0.3, 0.4) is 0 Å². The summed E-state index contributed by atoms with van der Waals surface area (Å²) in [4.78, 5) is 2.42. The predicted octanol–water partition coefficient (Wildman–Crippen LogP) is 5.39. The monoisotopic (exact) mass is 324 g/mol. The molecule has 21 heavy (non-hydrogen) atoms. The Morgan fingerprint density at radius 2 is 1.57 bits per heavy atom. The van der Waals surface area contributed by atoms with E-state index in [1.807, 2.05) is 18.2 Å². The second-order valence-electron chi connectivity index (χ2n) is 5.89. The molecule has 4 heteroatoms. The van der Waals surface area contributed by atoms with Gasteiger partial charge in [-0.1, -0.05) is 26.8 Å². The summed E-state index contributed by atoms with van der Waals surface area (Å²) in [6, 6.07) is 9.96. The van der Waals surface area contributed by atoms with Crippen LogP contribution in [0.5, 0.6) is 11.5 Å². The summed E-state index contributed by atoms with van der Waals surface area (Å²) < 4.78 is 10.9. The highest BCUT2D eigenvalue weighted by atomic mass is 35.5. The summed E-state index contributed by atoms with van der Waals surface area (Å²) >= 11 is 8.45. The lowest BCUT2D eigenvalue weighted by atomic mass is 9.95. The van der Waals surface area contributed by atoms with Gasteiger partial charge in [0.2, 0.25) is 0 Å². The lowest BCUT2D eigenvalue weighted by Gasteiger charge is -2.17. The summed E-state index contributed by atoms with van der Waals surface area (Å²) in [6.07, 6.45) is 0. The predicted molar refractivity (Wildman–Crippen MR) is 90.3 cm³/mol. The highest BCUT2D eigenvalue weighted by Crippen LogP contribution is 2.44. The molecule has 1 aromatic carbocycles. The Kier molecular flexibility index (Phi) is 4.84. The van der Waals surface area contributed by atoms with E-state index in [4.69, 9.17) is 21.1 Å². The molecule has 0 aliphatic rings. The van der Waals surface area contributed by atoms with Crippen molar-refractivity contribution in [2.75, 3.05) is 14.2 Å². The minimum atomic E-state index is -0.280. The first-order chi connectivity index (χ1) is 9.88. The van der Waals surface area contributed by atoms with Crippen molar-refractivity contribution in [3.05, 3.63) is 45.6 Å². The number of benzene rings is 1. The van der Waals surface area contributed by atoms with Crippen LogP contribution < -0.4 is 9.47 Å². The fourth-order valence-electron chi connectivity index (χ4n) is 2.16. The zero-order valence-corrected chi connectivity index (χ0v) is 14.6. The SMILES string of the molecule is COc1cccc(OC)c1C(Cl)c1ccc(C(C)(C)C)s1. The van der Waals surface area contributed by atoms with Crippen molar-refractivity contribution in [1.82, 2.24) is 0 Å². The van der Waals surface area contributed by atoms with Gasteiger partial charge in [-0.3, -0.25) is 0 Å². The van der Waals surface area contributed by atoms with E-state index < -0.39 is 0 Å². The Bertz CT molecular complexity index is 591. The van der Waals surface area contributed by atoms with Gasteiger partial charge in [-0.05, 0) is 29.7 Å². The quantitative estimate of drug-likeness (QED) is 0.702. The van der Waals surface area contributed by atoms with Gasteiger partial charge in [-0.15, -0.1) is 22.9 Å². The first kappa shape index (κ1) is 16.2. The third-order valence-electron chi connectivity index (χ3n) is 3.34. The van der Waals surface area contributed by atoms with Crippen molar-refractivity contribution in [2.45, 2.75) is 31.6 Å². The van der Waals surface area contributed by atoms with Gasteiger partial charge in [0.25, 0.3) is 0 Å². The number of methoxy groups -OCH3 is 2. The van der Waals surface area contributed by atoms with E-state index in [1.54, 1.807) is 25.6 Å². The lowest BCUT2D eigenvalue weighted by Crippen LogP contribution is -2.07. The van der Waals surface area contributed by atoms with Crippen LogP contribution in [0.4, 0.5) is 0 Å². The molecule has 2 nitrogen and oxygen atoms in total. The Morgan fingerprint density at radius 1 is 1.00 bits per heavy atom. The zero-order chi connectivity index (χ0) is 15.6. The summed E-state index contributed by atoms with van der Waals surface area (Å²) in [5.41, 5.74) is 1.01. The minimum Gasteiger partial charge on any atom is -0.496 e. The first-order valence-electron chi connectivity index (χ1n) is 6.83. The summed E-state index contributed by atoms with van der Waals surface area (Å²) in [7, 11) is 3.30. The number of alkyl halides is 1. The van der Waals surface area contributed by atoms with Crippen molar-refractivity contribution < 1.29 is 9.47 Å². The van der Waals surface area contributed by atoms with Crippen molar-refractivity contribution in [1.29, 1.82) is 0 Å². The zero-order valence-electron chi connectivity index (χ0n) is 13.1. The van der Waals surface area contributed by atoms with E-state index in [2.05, 4.69) is 32.9 Å². The number of hydrogen-bond donors (Lipinski definition) is 0. The number of hydrogen-bond acceptors (Lipinski definition) is 3. The average Bonchev–Trinajstić information content (AvgIpc) is 2.95. The molecule has 0 fully saturated rings. The van der Waals surface area contributed by atoms with Gasteiger partial charge >= 0.3 is 0 Å². The molecule has 1 unspecified atom stereocenters. The molecule has 0 saturated carbocycles. The molecule has 0 spiro atoms. The molecule has 114 valence electrons. The normalized spacial score (nSPS) is 13.0. The number of ether oxygens (including phenoxy) is 2. The molecule has 1 atom stereocenters. The van der Waals surface area contributed by atoms with Crippen molar-refractivity contribution in [2.24, 2.45) is 0 Å². The summed E-state index contributed by atoms with van der Waals surface area (Å²) in [5.74, 6) is 1.50. The topological polar surface area (TPSA) is 18.5 Å². The molecule has 0 saturated heterocycles. The fraction of sp³-hybridized carbons (Fsp3) is 0.412. The highest BCUT2D eigenvalue weighted by molar-refractivity contribution is 7.12. The van der Waals surface area contributed by atoms with Crippen molar-refractivity contribution >= 4 is 22.9 Å². The van der Waals surface area contributed by atoms with Crippen LogP contribution in [-0.2, 0) is 5.41 Å². The van der Waals surface area contributed by atoms with Crippen molar-refractivity contribution in [3.8, 4) is 11.5 Å². The van der Waals surface area contributed by atoms with Gasteiger partial charge < -0.3 is 9.47 Å². The third kappa shape index (κ3) is 3.35. The number of halogens is 1. The maximum absolute atomic E-state index is 6.71. The van der Waals surface area contributed by atoms with E-state index in [0.29, 0.717) is 0 Å². The van der Waals surface area contributed by atoms with Crippen LogP contribution in [0, 0.1) is 0 Å².